The van der Waals surface area contributed by atoms with E-state index in [2.05, 4.69) is 20.8 Å². The molecule has 0 saturated carbocycles. The van der Waals surface area contributed by atoms with Crippen molar-refractivity contribution in [2.24, 2.45) is 13.0 Å². The van der Waals surface area contributed by atoms with Gasteiger partial charge in [0.1, 0.15) is 0 Å². The Morgan fingerprint density at radius 1 is 1.06 bits per heavy atom. The number of carbonyl (C=O) groups excluding carboxylic acids is 2. The van der Waals surface area contributed by atoms with E-state index in [9.17, 15) is 9.59 Å². The second-order valence-electron chi connectivity index (χ2n) is 8.12. The number of anilines is 1. The molecule has 0 aliphatic heterocycles. The molecule has 1 heterocycles. The van der Waals surface area contributed by atoms with Gasteiger partial charge >= 0.3 is 0 Å². The molecule has 0 aliphatic carbocycles. The summed E-state index contributed by atoms with van der Waals surface area (Å²) in [4.78, 5) is 25.2. The van der Waals surface area contributed by atoms with Crippen molar-refractivity contribution in [3.8, 4) is 0 Å². The predicted molar refractivity (Wildman–Crippen MR) is 128 cm³/mol. The van der Waals surface area contributed by atoms with E-state index < -0.39 is 0 Å². The van der Waals surface area contributed by atoms with Crippen LogP contribution in [-0.4, -0.2) is 32.3 Å². The summed E-state index contributed by atoms with van der Waals surface area (Å²) >= 11 is 1.31. The highest BCUT2D eigenvalue weighted by molar-refractivity contribution is 7.99. The summed E-state index contributed by atoms with van der Waals surface area (Å²) < 4.78 is 1.84. The fourth-order valence-corrected chi connectivity index (χ4v) is 4.01. The molecule has 2 amide bonds. The summed E-state index contributed by atoms with van der Waals surface area (Å²) in [5.41, 5.74) is 3.45. The lowest BCUT2D eigenvalue weighted by molar-refractivity contribution is -0.113. The Kier molecular flexibility index (Phi) is 7.69. The van der Waals surface area contributed by atoms with Gasteiger partial charge in [-0.15, -0.1) is 10.2 Å². The van der Waals surface area contributed by atoms with Gasteiger partial charge in [-0.05, 0) is 43.5 Å². The third-order valence-electron chi connectivity index (χ3n) is 5.13. The summed E-state index contributed by atoms with van der Waals surface area (Å²) in [5, 5.41) is 15.2. The number of aromatic nitrogens is 3. The molecule has 0 spiro atoms. The maximum atomic E-state index is 12.8. The molecule has 0 radical (unpaired) electrons. The van der Waals surface area contributed by atoms with E-state index in [-0.39, 0.29) is 29.5 Å². The molecule has 2 N–H and O–H groups in total. The predicted octanol–water partition coefficient (Wildman–Crippen LogP) is 4.29. The number of hydrogen-bond donors (Lipinski definition) is 2. The van der Waals surface area contributed by atoms with Gasteiger partial charge in [-0.25, -0.2) is 0 Å². The molecule has 1 atom stereocenters. The van der Waals surface area contributed by atoms with Crippen LogP contribution in [0, 0.1) is 19.8 Å². The second-order valence-corrected chi connectivity index (χ2v) is 9.06. The molecule has 3 rings (SSSR count). The minimum absolute atomic E-state index is 0.105. The molecule has 8 heteroatoms. The first kappa shape index (κ1) is 23.5. The minimum Gasteiger partial charge on any atom is -0.342 e. The fourth-order valence-electron chi connectivity index (χ4n) is 3.29. The third kappa shape index (κ3) is 5.76. The monoisotopic (exact) mass is 451 g/mol. The van der Waals surface area contributed by atoms with Crippen LogP contribution in [0.2, 0.25) is 0 Å². The maximum absolute atomic E-state index is 12.8. The minimum atomic E-state index is -0.310. The number of benzene rings is 2. The van der Waals surface area contributed by atoms with Crippen LogP contribution in [0.25, 0.3) is 0 Å². The van der Waals surface area contributed by atoms with Crippen LogP contribution in [0.5, 0.6) is 0 Å². The van der Waals surface area contributed by atoms with Crippen molar-refractivity contribution >= 4 is 29.3 Å². The van der Waals surface area contributed by atoms with Gasteiger partial charge in [0, 0.05) is 18.3 Å². The Bertz CT molecular complexity index is 1110. The summed E-state index contributed by atoms with van der Waals surface area (Å²) in [6.45, 7) is 7.96. The normalized spacial score (nSPS) is 11.9. The molecule has 1 aromatic heterocycles. The van der Waals surface area contributed by atoms with Gasteiger partial charge in [-0.3, -0.25) is 9.59 Å². The van der Waals surface area contributed by atoms with Crippen molar-refractivity contribution in [2.45, 2.75) is 38.9 Å². The number of nitrogens with zero attached hydrogens (tertiary/aromatic N) is 3. The highest BCUT2D eigenvalue weighted by Crippen LogP contribution is 2.25. The van der Waals surface area contributed by atoms with Gasteiger partial charge in [-0.1, -0.05) is 61.5 Å². The first-order valence-corrected chi connectivity index (χ1v) is 11.5. The zero-order chi connectivity index (χ0) is 23.3. The van der Waals surface area contributed by atoms with Gasteiger partial charge in [0.15, 0.2) is 11.0 Å². The van der Waals surface area contributed by atoms with E-state index in [1.165, 1.54) is 11.8 Å². The first-order chi connectivity index (χ1) is 15.3. The number of amides is 2. The van der Waals surface area contributed by atoms with Gasteiger partial charge in [0.25, 0.3) is 5.91 Å². The second kappa shape index (κ2) is 10.5. The molecule has 2 aromatic carbocycles. The Balaban J connectivity index is 1.67. The van der Waals surface area contributed by atoms with E-state index in [0.717, 1.165) is 16.8 Å². The lowest BCUT2D eigenvalue weighted by Gasteiger charge is -2.21. The lowest BCUT2D eigenvalue weighted by Crippen LogP contribution is -2.33. The largest absolute Gasteiger partial charge is 0.342 e. The number of carbonyl (C=O) groups is 2. The van der Waals surface area contributed by atoms with Crippen LogP contribution >= 0.6 is 11.8 Å². The molecule has 0 aliphatic rings. The van der Waals surface area contributed by atoms with E-state index in [1.54, 1.807) is 6.07 Å². The highest BCUT2D eigenvalue weighted by Gasteiger charge is 2.25. The Morgan fingerprint density at radius 3 is 2.50 bits per heavy atom. The number of aryl methyl sites for hydroxylation is 2. The summed E-state index contributed by atoms with van der Waals surface area (Å²) in [6, 6.07) is 14.8. The SMILES string of the molecule is Cc1cccc(C(=O)N[C@H](c2nnc(SCC(=O)Nc3ccccc3C)n2C)C(C)C)c1. The highest BCUT2D eigenvalue weighted by atomic mass is 32.2. The number of rotatable bonds is 8. The molecular weight excluding hydrogens is 422 g/mol. The van der Waals surface area contributed by atoms with Crippen molar-refractivity contribution in [1.29, 1.82) is 0 Å². The Morgan fingerprint density at radius 2 is 1.81 bits per heavy atom. The summed E-state index contributed by atoms with van der Waals surface area (Å²) in [5.74, 6) is 0.711. The zero-order valence-electron chi connectivity index (χ0n) is 19.0. The maximum Gasteiger partial charge on any atom is 0.251 e. The quantitative estimate of drug-likeness (QED) is 0.499. The zero-order valence-corrected chi connectivity index (χ0v) is 19.9. The van der Waals surface area contributed by atoms with Crippen molar-refractivity contribution in [2.75, 3.05) is 11.1 Å². The molecule has 0 unspecified atom stereocenters. The van der Waals surface area contributed by atoms with Crippen LogP contribution < -0.4 is 10.6 Å². The van der Waals surface area contributed by atoms with Crippen LogP contribution in [-0.2, 0) is 11.8 Å². The number of nitrogens with one attached hydrogen (secondary N) is 2. The number of hydrogen-bond acceptors (Lipinski definition) is 5. The summed E-state index contributed by atoms with van der Waals surface area (Å²) in [7, 11) is 1.85. The fraction of sp³-hybridized carbons (Fsp3) is 0.333. The Labute approximate surface area is 193 Å². The van der Waals surface area contributed by atoms with Crippen molar-refractivity contribution < 1.29 is 9.59 Å². The molecule has 0 fully saturated rings. The van der Waals surface area contributed by atoms with Crippen LogP contribution in [0.4, 0.5) is 5.69 Å². The van der Waals surface area contributed by atoms with E-state index in [0.29, 0.717) is 16.5 Å². The lowest BCUT2D eigenvalue weighted by atomic mass is 10.0. The molecular formula is C24H29N5O2S. The molecule has 168 valence electrons. The number of thioether (sulfide) groups is 1. The van der Waals surface area contributed by atoms with Crippen molar-refractivity contribution in [3.05, 3.63) is 71.0 Å². The Hall–Kier alpha value is -3.13. The molecule has 0 saturated heterocycles. The van der Waals surface area contributed by atoms with Crippen LogP contribution in [0.15, 0.2) is 53.7 Å². The van der Waals surface area contributed by atoms with Gasteiger partial charge < -0.3 is 15.2 Å². The van der Waals surface area contributed by atoms with Crippen LogP contribution in [0.1, 0.15) is 47.2 Å². The standard InChI is InChI=1S/C24H29N5O2S/c1-15(2)21(26-23(31)18-11-8-9-16(3)13-18)22-27-28-24(29(22)5)32-14-20(30)25-19-12-7-6-10-17(19)4/h6-13,15,21H,14H2,1-5H3,(H,25,30)(H,26,31)/t21-/m0/s1. The molecule has 3 aromatic rings. The first-order valence-electron chi connectivity index (χ1n) is 10.5. The summed E-state index contributed by atoms with van der Waals surface area (Å²) in [6.07, 6.45) is 0. The van der Waals surface area contributed by atoms with E-state index in [4.69, 9.17) is 0 Å². The van der Waals surface area contributed by atoms with Crippen LogP contribution in [0.3, 0.4) is 0 Å². The van der Waals surface area contributed by atoms with Crippen molar-refractivity contribution in [1.82, 2.24) is 20.1 Å². The number of para-hydroxylation sites is 1. The molecule has 0 bridgehead atoms. The average molecular weight is 452 g/mol. The van der Waals surface area contributed by atoms with Gasteiger partial charge in [0.2, 0.25) is 5.91 Å². The molecule has 32 heavy (non-hydrogen) atoms. The van der Waals surface area contributed by atoms with E-state index >= 15 is 0 Å². The smallest absolute Gasteiger partial charge is 0.251 e. The average Bonchev–Trinajstić information content (AvgIpc) is 3.11. The third-order valence-corrected chi connectivity index (χ3v) is 6.15. The van der Waals surface area contributed by atoms with E-state index in [1.807, 2.05) is 81.8 Å². The van der Waals surface area contributed by atoms with Gasteiger partial charge in [0.05, 0.1) is 11.8 Å². The topological polar surface area (TPSA) is 88.9 Å². The molecule has 7 nitrogen and oxygen atoms in total. The van der Waals surface area contributed by atoms with Gasteiger partial charge in [-0.2, -0.15) is 0 Å². The van der Waals surface area contributed by atoms with Crippen molar-refractivity contribution in [3.63, 3.8) is 0 Å².